The summed E-state index contributed by atoms with van der Waals surface area (Å²) in [5.41, 5.74) is -0.365. The number of alkyl halides is 3. The second-order valence-corrected chi connectivity index (χ2v) is 6.20. The molecule has 1 aromatic heterocycles. The molecular weight excluding hydrogens is 365 g/mol. The van der Waals surface area contributed by atoms with Gasteiger partial charge in [-0.15, -0.1) is 0 Å². The van der Waals surface area contributed by atoms with Crippen LogP contribution in [0.2, 0.25) is 0 Å². The van der Waals surface area contributed by atoms with Gasteiger partial charge in [-0.3, -0.25) is 9.59 Å². The van der Waals surface area contributed by atoms with Gasteiger partial charge in [0.05, 0.1) is 18.6 Å². The molecule has 9 heteroatoms. The summed E-state index contributed by atoms with van der Waals surface area (Å²) in [6.45, 7) is 0.780. The smallest absolute Gasteiger partial charge is 0.416 e. The van der Waals surface area contributed by atoms with Crippen molar-refractivity contribution in [2.45, 2.75) is 19.0 Å². The van der Waals surface area contributed by atoms with E-state index in [1.165, 1.54) is 25.5 Å². The molecular formula is C18H17F3N2O4. The molecule has 1 aromatic carbocycles. The Morgan fingerprint density at radius 3 is 2.37 bits per heavy atom. The zero-order valence-electron chi connectivity index (χ0n) is 14.5. The number of carbonyl (C=O) groups excluding carboxylic acids is 2. The van der Waals surface area contributed by atoms with Crippen LogP contribution in [-0.4, -0.2) is 42.0 Å². The van der Waals surface area contributed by atoms with Crippen molar-refractivity contribution in [3.05, 3.63) is 41.8 Å². The minimum atomic E-state index is -4.42. The van der Waals surface area contributed by atoms with E-state index >= 15 is 0 Å². The van der Waals surface area contributed by atoms with Gasteiger partial charge in [-0.1, -0.05) is 0 Å². The van der Waals surface area contributed by atoms with Crippen LogP contribution in [0.1, 0.15) is 28.9 Å². The van der Waals surface area contributed by atoms with Crippen molar-refractivity contribution in [2.75, 3.05) is 20.2 Å². The fourth-order valence-electron chi connectivity index (χ4n) is 2.95. The van der Waals surface area contributed by atoms with Crippen molar-refractivity contribution in [3.63, 3.8) is 0 Å². The maximum atomic E-state index is 12.6. The molecule has 1 saturated heterocycles. The van der Waals surface area contributed by atoms with Crippen molar-refractivity contribution in [1.29, 1.82) is 0 Å². The molecule has 3 rings (SSSR count). The highest BCUT2D eigenvalue weighted by molar-refractivity contribution is 5.92. The van der Waals surface area contributed by atoms with Crippen molar-refractivity contribution in [1.82, 2.24) is 9.88 Å². The van der Waals surface area contributed by atoms with Gasteiger partial charge in [0, 0.05) is 18.7 Å². The summed E-state index contributed by atoms with van der Waals surface area (Å²) in [5.74, 6) is -0.788. The van der Waals surface area contributed by atoms with Crippen LogP contribution in [0.4, 0.5) is 13.2 Å². The van der Waals surface area contributed by atoms with Gasteiger partial charge in [0.25, 0.3) is 5.91 Å². The van der Waals surface area contributed by atoms with Crippen molar-refractivity contribution in [3.8, 4) is 11.5 Å². The molecule has 2 heterocycles. The van der Waals surface area contributed by atoms with Crippen molar-refractivity contribution >= 4 is 11.9 Å². The number of nitrogens with zero attached hydrogens (tertiary/aromatic N) is 2. The van der Waals surface area contributed by atoms with Crippen LogP contribution in [-0.2, 0) is 15.7 Å². The highest BCUT2D eigenvalue weighted by Crippen LogP contribution is 2.31. The molecule has 1 amide bonds. The van der Waals surface area contributed by atoms with Crippen LogP contribution < -0.4 is 0 Å². The van der Waals surface area contributed by atoms with Crippen LogP contribution in [0.15, 0.2) is 34.9 Å². The lowest BCUT2D eigenvalue weighted by Gasteiger charge is -2.30. The number of methoxy groups -OCH3 is 1. The summed E-state index contributed by atoms with van der Waals surface area (Å²) >= 11 is 0. The van der Waals surface area contributed by atoms with E-state index in [1.807, 2.05) is 0 Å². The highest BCUT2D eigenvalue weighted by Gasteiger charge is 2.31. The predicted molar refractivity (Wildman–Crippen MR) is 87.6 cm³/mol. The van der Waals surface area contributed by atoms with E-state index in [1.54, 1.807) is 4.90 Å². The number of amides is 1. The number of rotatable bonds is 3. The number of oxazole rings is 1. The van der Waals surface area contributed by atoms with Crippen LogP contribution in [0.25, 0.3) is 11.5 Å². The monoisotopic (exact) mass is 382 g/mol. The molecule has 144 valence electrons. The molecule has 27 heavy (non-hydrogen) atoms. The Morgan fingerprint density at radius 2 is 1.81 bits per heavy atom. The second-order valence-electron chi connectivity index (χ2n) is 6.20. The minimum absolute atomic E-state index is 0.0662. The molecule has 0 radical (unpaired) electrons. The first-order valence-corrected chi connectivity index (χ1v) is 8.30. The molecule has 6 nitrogen and oxygen atoms in total. The summed E-state index contributed by atoms with van der Waals surface area (Å²) < 4.78 is 47.8. The van der Waals surface area contributed by atoms with Crippen LogP contribution in [0.5, 0.6) is 0 Å². The minimum Gasteiger partial charge on any atom is -0.469 e. The van der Waals surface area contributed by atoms with E-state index in [9.17, 15) is 22.8 Å². The molecule has 2 aromatic rings. The number of piperidine rings is 1. The van der Waals surface area contributed by atoms with Crippen LogP contribution in [0.3, 0.4) is 0 Å². The van der Waals surface area contributed by atoms with Gasteiger partial charge in [-0.2, -0.15) is 13.2 Å². The third-order valence-corrected chi connectivity index (χ3v) is 4.50. The van der Waals surface area contributed by atoms with E-state index in [0.29, 0.717) is 31.5 Å². The van der Waals surface area contributed by atoms with E-state index in [0.717, 1.165) is 12.1 Å². The number of aromatic nitrogens is 1. The Hall–Kier alpha value is -2.84. The number of hydrogen-bond acceptors (Lipinski definition) is 5. The van der Waals surface area contributed by atoms with Gasteiger partial charge in [-0.05, 0) is 37.1 Å². The number of halogens is 3. The molecule has 0 bridgehead atoms. The number of esters is 1. The summed E-state index contributed by atoms with van der Waals surface area (Å²) in [5, 5.41) is 0. The zero-order chi connectivity index (χ0) is 19.6. The molecule has 0 unspecified atom stereocenters. The largest absolute Gasteiger partial charge is 0.469 e. The maximum Gasteiger partial charge on any atom is 0.416 e. The lowest BCUT2D eigenvalue weighted by Crippen LogP contribution is -2.40. The molecule has 0 spiro atoms. The quantitative estimate of drug-likeness (QED) is 0.761. The fourth-order valence-corrected chi connectivity index (χ4v) is 2.95. The first-order chi connectivity index (χ1) is 12.8. The number of ether oxygens (including phenoxy) is 1. The Morgan fingerprint density at radius 1 is 1.19 bits per heavy atom. The SMILES string of the molecule is COC(=O)C1CCN(C(=O)c2coc(-c3ccc(C(F)(F)F)cc3)n2)CC1. The Bertz CT molecular complexity index is 822. The maximum absolute atomic E-state index is 12.6. The van der Waals surface area contributed by atoms with E-state index in [-0.39, 0.29) is 29.4 Å². The molecule has 0 N–H and O–H groups in total. The molecule has 0 atom stereocenters. The lowest BCUT2D eigenvalue weighted by molar-refractivity contribution is -0.146. The Balaban J connectivity index is 1.67. The third-order valence-electron chi connectivity index (χ3n) is 4.50. The Kier molecular flexibility index (Phi) is 5.20. The van der Waals surface area contributed by atoms with E-state index in [4.69, 9.17) is 9.15 Å². The van der Waals surface area contributed by atoms with Gasteiger partial charge >= 0.3 is 12.1 Å². The molecule has 0 aliphatic carbocycles. The van der Waals surface area contributed by atoms with Gasteiger partial charge < -0.3 is 14.1 Å². The number of likely N-dealkylation sites (tertiary alicyclic amines) is 1. The molecule has 1 aliphatic heterocycles. The standard InChI is InChI=1S/C18H17F3N2O4/c1-26-17(25)12-6-8-23(9-7-12)16(24)14-10-27-15(22-14)11-2-4-13(5-3-11)18(19,20)21/h2-5,10,12H,6-9H2,1H3. The van der Waals surface area contributed by atoms with Gasteiger partial charge in [-0.25, -0.2) is 4.98 Å². The summed E-state index contributed by atoms with van der Waals surface area (Å²) in [4.78, 5) is 29.7. The normalized spacial score (nSPS) is 15.6. The van der Waals surface area contributed by atoms with Crippen molar-refractivity contribution in [2.24, 2.45) is 5.92 Å². The average molecular weight is 382 g/mol. The summed E-state index contributed by atoms with van der Waals surface area (Å²) in [6, 6.07) is 4.34. The summed E-state index contributed by atoms with van der Waals surface area (Å²) in [6.07, 6.45) is -2.24. The third kappa shape index (κ3) is 4.12. The predicted octanol–water partition coefficient (Wildman–Crippen LogP) is 3.39. The number of hydrogen-bond donors (Lipinski definition) is 0. The molecule has 1 fully saturated rings. The fraction of sp³-hybridized carbons (Fsp3) is 0.389. The van der Waals surface area contributed by atoms with Gasteiger partial charge in [0.15, 0.2) is 5.69 Å². The summed E-state index contributed by atoms with van der Waals surface area (Å²) in [7, 11) is 1.33. The highest BCUT2D eigenvalue weighted by atomic mass is 19.4. The number of carbonyl (C=O) groups is 2. The van der Waals surface area contributed by atoms with Crippen LogP contribution in [0, 0.1) is 5.92 Å². The average Bonchev–Trinajstić information content (AvgIpc) is 3.16. The Labute approximate surface area is 152 Å². The van der Waals surface area contributed by atoms with E-state index in [2.05, 4.69) is 4.98 Å². The van der Waals surface area contributed by atoms with Crippen LogP contribution >= 0.6 is 0 Å². The lowest BCUT2D eigenvalue weighted by atomic mass is 9.97. The van der Waals surface area contributed by atoms with Gasteiger partial charge in [0.1, 0.15) is 6.26 Å². The first-order valence-electron chi connectivity index (χ1n) is 8.30. The molecule has 1 aliphatic rings. The second kappa shape index (κ2) is 7.42. The zero-order valence-corrected chi connectivity index (χ0v) is 14.5. The number of benzene rings is 1. The van der Waals surface area contributed by atoms with Crippen molar-refractivity contribution < 1.29 is 31.9 Å². The molecule has 0 saturated carbocycles. The first kappa shape index (κ1) is 18.9. The van der Waals surface area contributed by atoms with E-state index < -0.39 is 11.7 Å². The van der Waals surface area contributed by atoms with Gasteiger partial charge in [0.2, 0.25) is 5.89 Å². The topological polar surface area (TPSA) is 72.6 Å².